The Hall–Kier alpha value is -1.16. The fraction of sp³-hybridized carbons (Fsp3) is 0.400. The third kappa shape index (κ3) is 2.20. The number of halogens is 2. The van der Waals surface area contributed by atoms with Crippen LogP contribution in [-0.4, -0.2) is 5.11 Å². The zero-order chi connectivity index (χ0) is 10.7. The van der Waals surface area contributed by atoms with Crippen LogP contribution in [0, 0.1) is 11.6 Å². The maximum atomic E-state index is 12.9. The lowest BCUT2D eigenvalue weighted by atomic mass is 10.0. The Bertz CT molecular complexity index is 305. The average molecular weight is 201 g/mol. The van der Waals surface area contributed by atoms with Crippen LogP contribution in [0.2, 0.25) is 0 Å². The number of phenols is 1. The molecule has 0 saturated heterocycles. The quantitative estimate of drug-likeness (QED) is 0.789. The molecule has 0 spiro atoms. The Morgan fingerprint density at radius 1 is 1.36 bits per heavy atom. The highest BCUT2D eigenvalue weighted by Gasteiger charge is 2.13. The summed E-state index contributed by atoms with van der Waals surface area (Å²) >= 11 is 0. The molecule has 0 aliphatic carbocycles. The summed E-state index contributed by atoms with van der Waals surface area (Å²) in [4.78, 5) is 0. The second-order valence-electron chi connectivity index (χ2n) is 3.23. The minimum Gasteiger partial charge on any atom is -0.503 e. The molecular weight excluding hydrogens is 188 g/mol. The van der Waals surface area contributed by atoms with E-state index in [2.05, 4.69) is 0 Å². The Balaban J connectivity index is 3.00. The van der Waals surface area contributed by atoms with Gasteiger partial charge >= 0.3 is 0 Å². The minimum absolute atomic E-state index is 0.375. The first-order valence-electron chi connectivity index (χ1n) is 4.49. The van der Waals surface area contributed by atoms with Crippen molar-refractivity contribution in [2.24, 2.45) is 5.73 Å². The van der Waals surface area contributed by atoms with Gasteiger partial charge < -0.3 is 10.8 Å². The summed E-state index contributed by atoms with van der Waals surface area (Å²) in [6.07, 6.45) is 1.49. The van der Waals surface area contributed by atoms with E-state index in [9.17, 15) is 8.78 Å². The molecule has 0 fully saturated rings. The standard InChI is InChI=1S/C10H13F2NO/c1-2-3-9(13)6-4-7(11)10(14)8(12)5-6/h4-5,9,14H,2-3,13H2,1H3. The molecule has 1 unspecified atom stereocenters. The van der Waals surface area contributed by atoms with Crippen LogP contribution in [0.5, 0.6) is 5.75 Å². The van der Waals surface area contributed by atoms with Gasteiger partial charge in [0.15, 0.2) is 17.4 Å². The van der Waals surface area contributed by atoms with Gasteiger partial charge in [-0.1, -0.05) is 13.3 Å². The number of hydrogen-bond donors (Lipinski definition) is 2. The molecule has 0 bridgehead atoms. The molecule has 0 aromatic heterocycles. The van der Waals surface area contributed by atoms with Crippen LogP contribution in [0.15, 0.2) is 12.1 Å². The SMILES string of the molecule is CCCC(N)c1cc(F)c(O)c(F)c1. The zero-order valence-electron chi connectivity index (χ0n) is 7.93. The van der Waals surface area contributed by atoms with Crippen LogP contribution >= 0.6 is 0 Å². The van der Waals surface area contributed by atoms with Crippen molar-refractivity contribution in [3.63, 3.8) is 0 Å². The van der Waals surface area contributed by atoms with E-state index < -0.39 is 17.4 Å². The number of hydrogen-bond acceptors (Lipinski definition) is 2. The lowest BCUT2D eigenvalue weighted by Gasteiger charge is -2.11. The molecule has 0 radical (unpaired) electrons. The molecule has 2 nitrogen and oxygen atoms in total. The highest BCUT2D eigenvalue weighted by molar-refractivity contribution is 5.31. The van der Waals surface area contributed by atoms with E-state index in [0.29, 0.717) is 12.0 Å². The normalized spacial score (nSPS) is 12.9. The van der Waals surface area contributed by atoms with E-state index in [-0.39, 0.29) is 6.04 Å². The molecule has 1 atom stereocenters. The van der Waals surface area contributed by atoms with E-state index in [0.717, 1.165) is 18.6 Å². The second kappa shape index (κ2) is 4.37. The summed E-state index contributed by atoms with van der Waals surface area (Å²) in [5.74, 6) is -2.88. The van der Waals surface area contributed by atoms with Crippen LogP contribution in [-0.2, 0) is 0 Å². The molecule has 4 heteroatoms. The number of aromatic hydroxyl groups is 1. The van der Waals surface area contributed by atoms with Crippen molar-refractivity contribution in [3.05, 3.63) is 29.3 Å². The highest BCUT2D eigenvalue weighted by Crippen LogP contribution is 2.25. The van der Waals surface area contributed by atoms with Crippen molar-refractivity contribution in [2.45, 2.75) is 25.8 Å². The van der Waals surface area contributed by atoms with Gasteiger partial charge in [-0.15, -0.1) is 0 Å². The van der Waals surface area contributed by atoms with E-state index in [1.165, 1.54) is 0 Å². The third-order valence-corrected chi connectivity index (χ3v) is 2.07. The zero-order valence-corrected chi connectivity index (χ0v) is 7.93. The fourth-order valence-electron chi connectivity index (χ4n) is 1.28. The van der Waals surface area contributed by atoms with Gasteiger partial charge in [0.2, 0.25) is 0 Å². The predicted molar refractivity (Wildman–Crippen MR) is 49.9 cm³/mol. The second-order valence-corrected chi connectivity index (χ2v) is 3.23. The molecule has 3 N–H and O–H groups in total. The molecule has 0 aliphatic rings. The van der Waals surface area contributed by atoms with Gasteiger partial charge in [-0.25, -0.2) is 8.78 Å². The van der Waals surface area contributed by atoms with Gasteiger partial charge in [-0.3, -0.25) is 0 Å². The lowest BCUT2D eigenvalue weighted by molar-refractivity contribution is 0.394. The summed E-state index contributed by atoms with van der Waals surface area (Å²) in [6, 6.07) is 1.75. The number of nitrogens with two attached hydrogens (primary N) is 1. The number of rotatable bonds is 3. The first-order chi connectivity index (χ1) is 6.56. The van der Waals surface area contributed by atoms with E-state index in [4.69, 9.17) is 10.8 Å². The molecular formula is C10H13F2NO. The molecule has 1 aromatic rings. The number of phenolic OH excluding ortho intramolecular Hbond substituents is 1. The fourth-order valence-corrected chi connectivity index (χ4v) is 1.28. The Labute approximate surface area is 81.4 Å². The van der Waals surface area contributed by atoms with Crippen LogP contribution in [0.1, 0.15) is 31.4 Å². The highest BCUT2D eigenvalue weighted by atomic mass is 19.1. The van der Waals surface area contributed by atoms with Crippen molar-refractivity contribution in [3.8, 4) is 5.75 Å². The van der Waals surface area contributed by atoms with Gasteiger partial charge in [-0.05, 0) is 24.1 Å². The Morgan fingerprint density at radius 2 is 1.86 bits per heavy atom. The molecule has 78 valence electrons. The monoisotopic (exact) mass is 201 g/mol. The van der Waals surface area contributed by atoms with E-state index in [1.807, 2.05) is 6.92 Å². The molecule has 0 aliphatic heterocycles. The lowest BCUT2D eigenvalue weighted by Crippen LogP contribution is -2.10. The number of benzene rings is 1. The van der Waals surface area contributed by atoms with Gasteiger partial charge in [-0.2, -0.15) is 0 Å². The van der Waals surface area contributed by atoms with E-state index in [1.54, 1.807) is 0 Å². The summed E-state index contributed by atoms with van der Waals surface area (Å²) in [5.41, 5.74) is 6.05. The summed E-state index contributed by atoms with van der Waals surface area (Å²) < 4.78 is 25.8. The topological polar surface area (TPSA) is 46.2 Å². The first-order valence-corrected chi connectivity index (χ1v) is 4.49. The maximum Gasteiger partial charge on any atom is 0.187 e. The van der Waals surface area contributed by atoms with Crippen LogP contribution in [0.25, 0.3) is 0 Å². The Kier molecular flexibility index (Phi) is 3.41. The van der Waals surface area contributed by atoms with Crippen LogP contribution in [0.3, 0.4) is 0 Å². The minimum atomic E-state index is -0.966. The van der Waals surface area contributed by atoms with Crippen molar-refractivity contribution in [1.29, 1.82) is 0 Å². The molecule has 14 heavy (non-hydrogen) atoms. The summed E-state index contributed by atoms with van der Waals surface area (Å²) in [7, 11) is 0. The maximum absolute atomic E-state index is 12.9. The van der Waals surface area contributed by atoms with Crippen molar-refractivity contribution in [2.75, 3.05) is 0 Å². The largest absolute Gasteiger partial charge is 0.503 e. The summed E-state index contributed by atoms with van der Waals surface area (Å²) in [6.45, 7) is 1.94. The first kappa shape index (κ1) is 10.9. The molecule has 1 rings (SSSR count). The molecule has 0 saturated carbocycles. The van der Waals surface area contributed by atoms with Gasteiger partial charge in [0.25, 0.3) is 0 Å². The van der Waals surface area contributed by atoms with Crippen molar-refractivity contribution >= 4 is 0 Å². The average Bonchev–Trinajstić information content (AvgIpc) is 2.13. The van der Waals surface area contributed by atoms with Gasteiger partial charge in [0.05, 0.1) is 0 Å². The van der Waals surface area contributed by atoms with Gasteiger partial charge in [0, 0.05) is 6.04 Å². The smallest absolute Gasteiger partial charge is 0.187 e. The van der Waals surface area contributed by atoms with Crippen molar-refractivity contribution in [1.82, 2.24) is 0 Å². The molecule has 0 amide bonds. The molecule has 1 aromatic carbocycles. The van der Waals surface area contributed by atoms with Crippen molar-refractivity contribution < 1.29 is 13.9 Å². The predicted octanol–water partition coefficient (Wildman–Crippen LogP) is 2.47. The van der Waals surface area contributed by atoms with E-state index >= 15 is 0 Å². The summed E-state index contributed by atoms with van der Waals surface area (Å²) in [5, 5.41) is 8.85. The Morgan fingerprint density at radius 3 is 2.29 bits per heavy atom. The van der Waals surface area contributed by atoms with Gasteiger partial charge in [0.1, 0.15) is 0 Å². The molecule has 0 heterocycles. The van der Waals surface area contributed by atoms with Crippen LogP contribution in [0.4, 0.5) is 8.78 Å². The third-order valence-electron chi connectivity index (χ3n) is 2.07. The van der Waals surface area contributed by atoms with Crippen LogP contribution < -0.4 is 5.73 Å².